The van der Waals surface area contributed by atoms with Crippen molar-refractivity contribution in [2.24, 2.45) is 5.84 Å². The van der Waals surface area contributed by atoms with Gasteiger partial charge >= 0.3 is 0 Å². The van der Waals surface area contributed by atoms with E-state index in [0.29, 0.717) is 5.69 Å². The average Bonchev–Trinajstić information content (AvgIpc) is 2.34. The van der Waals surface area contributed by atoms with Gasteiger partial charge in [-0.1, -0.05) is 12.1 Å². The summed E-state index contributed by atoms with van der Waals surface area (Å²) in [6, 6.07) is 6.27. The second-order valence-corrected chi connectivity index (χ2v) is 5.26. The van der Waals surface area contributed by atoms with Crippen molar-refractivity contribution < 1.29 is 13.2 Å². The quantitative estimate of drug-likeness (QED) is 0.313. The number of para-hydroxylation sites is 1. The molecule has 0 heterocycles. The Balaban J connectivity index is 2.71. The lowest BCUT2D eigenvalue weighted by atomic mass is 10.3. The third kappa shape index (κ3) is 3.99. The number of hydrogen-bond donors (Lipinski definition) is 4. The number of anilines is 1. The summed E-state index contributed by atoms with van der Waals surface area (Å²) in [5.74, 6) is 5.03. The Hall–Kier alpha value is -1.64. The fourth-order valence-corrected chi connectivity index (χ4v) is 2.52. The molecule has 0 bridgehead atoms. The number of benzene rings is 1. The number of nitrogens with two attached hydrogens (primary N) is 1. The van der Waals surface area contributed by atoms with E-state index < -0.39 is 10.0 Å². The summed E-state index contributed by atoms with van der Waals surface area (Å²) in [5, 5.41) is 2.49. The Morgan fingerprint density at radius 2 is 1.94 bits per heavy atom. The molecule has 0 radical (unpaired) electrons. The largest absolute Gasteiger partial charge is 0.355 e. The predicted octanol–water partition coefficient (Wildman–Crippen LogP) is -0.613. The van der Waals surface area contributed by atoms with Crippen molar-refractivity contribution in [2.75, 3.05) is 18.5 Å². The van der Waals surface area contributed by atoms with E-state index >= 15 is 0 Å². The van der Waals surface area contributed by atoms with E-state index in [2.05, 4.69) is 15.5 Å². The van der Waals surface area contributed by atoms with Crippen LogP contribution in [0.3, 0.4) is 0 Å². The molecule has 0 fully saturated rings. The summed E-state index contributed by atoms with van der Waals surface area (Å²) >= 11 is 0. The Bertz CT molecular complexity index is 516. The van der Waals surface area contributed by atoms with Crippen LogP contribution in [-0.2, 0) is 14.8 Å². The molecule has 1 aromatic carbocycles. The number of sulfonamides is 1. The molecule has 8 heteroatoms. The zero-order chi connectivity index (χ0) is 13.6. The SMILES string of the molecule is CC(=O)NCCNS(=O)(=O)c1ccccc1NN. The van der Waals surface area contributed by atoms with E-state index in [9.17, 15) is 13.2 Å². The van der Waals surface area contributed by atoms with Gasteiger partial charge in [-0.25, -0.2) is 13.1 Å². The van der Waals surface area contributed by atoms with Gasteiger partial charge in [-0.15, -0.1) is 0 Å². The van der Waals surface area contributed by atoms with Gasteiger partial charge in [0.05, 0.1) is 5.69 Å². The van der Waals surface area contributed by atoms with Gasteiger partial charge < -0.3 is 10.7 Å². The van der Waals surface area contributed by atoms with Crippen LogP contribution < -0.4 is 21.3 Å². The van der Waals surface area contributed by atoms with E-state index in [1.165, 1.54) is 13.0 Å². The van der Waals surface area contributed by atoms with Crippen LogP contribution in [0, 0.1) is 0 Å². The molecule has 1 amide bonds. The van der Waals surface area contributed by atoms with Crippen molar-refractivity contribution in [2.45, 2.75) is 11.8 Å². The Morgan fingerprint density at radius 3 is 2.56 bits per heavy atom. The third-order valence-corrected chi connectivity index (χ3v) is 3.64. The number of hydrogen-bond acceptors (Lipinski definition) is 5. The van der Waals surface area contributed by atoms with Gasteiger partial charge in [-0.05, 0) is 12.1 Å². The summed E-state index contributed by atoms with van der Waals surface area (Å²) < 4.78 is 26.2. The number of nitrogens with one attached hydrogen (secondary N) is 3. The number of amides is 1. The Labute approximate surface area is 106 Å². The highest BCUT2D eigenvalue weighted by atomic mass is 32.2. The molecule has 7 nitrogen and oxygen atoms in total. The maximum atomic E-state index is 11.9. The zero-order valence-corrected chi connectivity index (χ0v) is 10.8. The maximum absolute atomic E-state index is 11.9. The van der Waals surface area contributed by atoms with Crippen molar-refractivity contribution in [1.82, 2.24) is 10.0 Å². The van der Waals surface area contributed by atoms with E-state index in [1.54, 1.807) is 18.2 Å². The first-order valence-electron chi connectivity index (χ1n) is 5.27. The van der Waals surface area contributed by atoms with Gasteiger partial charge in [0.2, 0.25) is 15.9 Å². The van der Waals surface area contributed by atoms with Crippen LogP contribution in [0.2, 0.25) is 0 Å². The number of hydrazine groups is 1. The normalized spacial score (nSPS) is 11.0. The summed E-state index contributed by atoms with van der Waals surface area (Å²) in [6.07, 6.45) is 0. The van der Waals surface area contributed by atoms with Crippen molar-refractivity contribution in [3.05, 3.63) is 24.3 Å². The van der Waals surface area contributed by atoms with Gasteiger partial charge in [-0.3, -0.25) is 10.6 Å². The van der Waals surface area contributed by atoms with Crippen LogP contribution >= 0.6 is 0 Å². The molecule has 0 atom stereocenters. The smallest absolute Gasteiger partial charge is 0.242 e. The second kappa shape index (κ2) is 6.34. The first-order chi connectivity index (χ1) is 8.47. The molecule has 0 spiro atoms. The summed E-state index contributed by atoms with van der Waals surface area (Å²) in [4.78, 5) is 10.7. The summed E-state index contributed by atoms with van der Waals surface area (Å²) in [5.41, 5.74) is 2.63. The molecular weight excluding hydrogens is 256 g/mol. The molecule has 0 aliphatic carbocycles. The topological polar surface area (TPSA) is 113 Å². The fourth-order valence-electron chi connectivity index (χ4n) is 1.32. The minimum atomic E-state index is -3.64. The minimum Gasteiger partial charge on any atom is -0.355 e. The van der Waals surface area contributed by atoms with Gasteiger partial charge in [0.25, 0.3) is 0 Å². The highest BCUT2D eigenvalue weighted by Gasteiger charge is 2.16. The predicted molar refractivity (Wildman–Crippen MR) is 68.1 cm³/mol. The molecule has 0 saturated heterocycles. The lowest BCUT2D eigenvalue weighted by Crippen LogP contribution is -2.34. The summed E-state index contributed by atoms with van der Waals surface area (Å²) in [7, 11) is -3.64. The van der Waals surface area contributed by atoms with Crippen molar-refractivity contribution in [3.63, 3.8) is 0 Å². The first kappa shape index (κ1) is 14.4. The molecule has 100 valence electrons. The van der Waals surface area contributed by atoms with Gasteiger partial charge in [0.1, 0.15) is 4.90 Å². The molecule has 0 saturated carbocycles. The van der Waals surface area contributed by atoms with E-state index in [4.69, 9.17) is 5.84 Å². The van der Waals surface area contributed by atoms with Crippen LogP contribution in [0.4, 0.5) is 5.69 Å². The molecule has 18 heavy (non-hydrogen) atoms. The fraction of sp³-hybridized carbons (Fsp3) is 0.300. The van der Waals surface area contributed by atoms with Crippen LogP contribution in [0.1, 0.15) is 6.92 Å². The lowest BCUT2D eigenvalue weighted by molar-refractivity contribution is -0.118. The molecule has 0 unspecified atom stereocenters. The summed E-state index contributed by atoms with van der Waals surface area (Å²) in [6.45, 7) is 1.70. The number of carbonyl (C=O) groups excluding carboxylic acids is 1. The van der Waals surface area contributed by atoms with Crippen LogP contribution in [0.25, 0.3) is 0 Å². The molecule has 0 aromatic heterocycles. The van der Waals surface area contributed by atoms with E-state index in [0.717, 1.165) is 0 Å². The highest BCUT2D eigenvalue weighted by molar-refractivity contribution is 7.89. The molecule has 1 aromatic rings. The lowest BCUT2D eigenvalue weighted by Gasteiger charge is -2.10. The third-order valence-electron chi connectivity index (χ3n) is 2.12. The number of nitrogen functional groups attached to an aromatic ring is 1. The highest BCUT2D eigenvalue weighted by Crippen LogP contribution is 2.18. The zero-order valence-electron chi connectivity index (χ0n) is 9.93. The van der Waals surface area contributed by atoms with Crippen molar-refractivity contribution in [1.29, 1.82) is 0 Å². The monoisotopic (exact) mass is 272 g/mol. The van der Waals surface area contributed by atoms with Gasteiger partial charge in [0.15, 0.2) is 0 Å². The maximum Gasteiger partial charge on any atom is 0.242 e. The Kier molecular flexibility index (Phi) is 5.08. The number of rotatable bonds is 6. The molecule has 1 rings (SSSR count). The van der Waals surface area contributed by atoms with Crippen LogP contribution in [-0.4, -0.2) is 27.4 Å². The Morgan fingerprint density at radius 1 is 1.28 bits per heavy atom. The van der Waals surface area contributed by atoms with Gasteiger partial charge in [-0.2, -0.15) is 0 Å². The molecule has 0 aliphatic heterocycles. The standard InChI is InChI=1S/C10H16N4O3S/c1-8(15)12-6-7-13-18(16,17)10-5-3-2-4-9(10)14-11/h2-5,13-14H,6-7,11H2,1H3,(H,12,15). The molecule has 5 N–H and O–H groups in total. The molecular formula is C10H16N4O3S. The van der Waals surface area contributed by atoms with Gasteiger partial charge in [0, 0.05) is 20.0 Å². The number of carbonyl (C=O) groups is 1. The van der Waals surface area contributed by atoms with Crippen LogP contribution in [0.15, 0.2) is 29.2 Å². The average molecular weight is 272 g/mol. The second-order valence-electron chi connectivity index (χ2n) is 3.52. The first-order valence-corrected chi connectivity index (χ1v) is 6.75. The van der Waals surface area contributed by atoms with E-state index in [-0.39, 0.29) is 23.9 Å². The molecule has 0 aliphatic rings. The minimum absolute atomic E-state index is 0.0651. The van der Waals surface area contributed by atoms with Crippen LogP contribution in [0.5, 0.6) is 0 Å². The van der Waals surface area contributed by atoms with Crippen molar-refractivity contribution >= 4 is 21.6 Å². The van der Waals surface area contributed by atoms with Crippen molar-refractivity contribution in [3.8, 4) is 0 Å². The van der Waals surface area contributed by atoms with E-state index in [1.807, 2.05) is 0 Å².